The third-order valence-electron chi connectivity index (χ3n) is 3.40. The van der Waals surface area contributed by atoms with Gasteiger partial charge < -0.3 is 5.32 Å². The SMILES string of the molecule is CCC(C)(C)N(C)C1CCNC1. The van der Waals surface area contributed by atoms with E-state index in [1.165, 1.54) is 25.9 Å². The molecule has 1 rings (SSSR count). The summed E-state index contributed by atoms with van der Waals surface area (Å²) in [6.45, 7) is 9.27. The second kappa shape index (κ2) is 3.75. The van der Waals surface area contributed by atoms with Crippen molar-refractivity contribution in [1.29, 1.82) is 0 Å². The molecule has 1 atom stereocenters. The Kier molecular flexibility index (Phi) is 3.13. The molecular weight excluding hydrogens is 148 g/mol. The highest BCUT2D eigenvalue weighted by Gasteiger charge is 2.29. The van der Waals surface area contributed by atoms with Crippen molar-refractivity contribution in [3.63, 3.8) is 0 Å². The summed E-state index contributed by atoms with van der Waals surface area (Å²) in [7, 11) is 2.25. The third-order valence-corrected chi connectivity index (χ3v) is 3.40. The van der Waals surface area contributed by atoms with Gasteiger partial charge in [0.15, 0.2) is 0 Å². The van der Waals surface area contributed by atoms with Crippen LogP contribution in [0.4, 0.5) is 0 Å². The molecule has 0 amide bonds. The van der Waals surface area contributed by atoms with E-state index in [0.717, 1.165) is 6.04 Å². The lowest BCUT2D eigenvalue weighted by atomic mass is 9.97. The molecule has 1 saturated heterocycles. The van der Waals surface area contributed by atoms with Gasteiger partial charge in [-0.05, 0) is 40.3 Å². The van der Waals surface area contributed by atoms with Crippen LogP contribution in [-0.2, 0) is 0 Å². The van der Waals surface area contributed by atoms with Crippen LogP contribution in [0.15, 0.2) is 0 Å². The molecule has 72 valence electrons. The number of nitrogens with zero attached hydrogens (tertiary/aromatic N) is 1. The third kappa shape index (κ3) is 1.99. The molecule has 0 aromatic rings. The maximum atomic E-state index is 3.41. The maximum absolute atomic E-state index is 3.41. The zero-order chi connectivity index (χ0) is 9.19. The maximum Gasteiger partial charge on any atom is 0.0234 e. The summed E-state index contributed by atoms with van der Waals surface area (Å²) < 4.78 is 0. The Labute approximate surface area is 76.3 Å². The van der Waals surface area contributed by atoms with Crippen molar-refractivity contribution < 1.29 is 0 Å². The van der Waals surface area contributed by atoms with Crippen molar-refractivity contribution in [3.8, 4) is 0 Å². The average molecular weight is 170 g/mol. The van der Waals surface area contributed by atoms with Crippen LogP contribution in [0, 0.1) is 0 Å². The van der Waals surface area contributed by atoms with Gasteiger partial charge in [0.05, 0.1) is 0 Å². The largest absolute Gasteiger partial charge is 0.315 e. The lowest BCUT2D eigenvalue weighted by Crippen LogP contribution is -2.47. The highest BCUT2D eigenvalue weighted by atomic mass is 15.2. The first kappa shape index (κ1) is 10.0. The van der Waals surface area contributed by atoms with Crippen LogP contribution in [-0.4, -0.2) is 36.6 Å². The second-order valence-electron chi connectivity index (χ2n) is 4.42. The van der Waals surface area contributed by atoms with Crippen LogP contribution < -0.4 is 5.32 Å². The van der Waals surface area contributed by atoms with Crippen LogP contribution >= 0.6 is 0 Å². The zero-order valence-electron chi connectivity index (χ0n) is 8.85. The summed E-state index contributed by atoms with van der Waals surface area (Å²) in [6, 6.07) is 0.750. The first-order valence-corrected chi connectivity index (χ1v) is 5.01. The molecule has 1 N–H and O–H groups in total. The van der Waals surface area contributed by atoms with Crippen molar-refractivity contribution in [2.24, 2.45) is 0 Å². The first-order valence-electron chi connectivity index (χ1n) is 5.01. The lowest BCUT2D eigenvalue weighted by molar-refractivity contribution is 0.106. The molecule has 0 bridgehead atoms. The highest BCUT2D eigenvalue weighted by Crippen LogP contribution is 2.21. The summed E-state index contributed by atoms with van der Waals surface area (Å²) in [5.41, 5.74) is 0.358. The van der Waals surface area contributed by atoms with E-state index in [2.05, 4.69) is 38.0 Å². The van der Waals surface area contributed by atoms with E-state index in [0.29, 0.717) is 5.54 Å². The summed E-state index contributed by atoms with van der Waals surface area (Å²) in [6.07, 6.45) is 2.53. The normalized spacial score (nSPS) is 25.2. The lowest BCUT2D eigenvalue weighted by Gasteiger charge is -2.39. The second-order valence-corrected chi connectivity index (χ2v) is 4.42. The zero-order valence-corrected chi connectivity index (χ0v) is 8.85. The number of likely N-dealkylation sites (N-methyl/N-ethyl adjacent to an activating group) is 1. The summed E-state index contributed by atoms with van der Waals surface area (Å²) in [5.74, 6) is 0. The van der Waals surface area contributed by atoms with E-state index in [1.54, 1.807) is 0 Å². The molecule has 2 heteroatoms. The van der Waals surface area contributed by atoms with Crippen LogP contribution in [0.1, 0.15) is 33.6 Å². The molecule has 0 saturated carbocycles. The van der Waals surface area contributed by atoms with Crippen molar-refractivity contribution >= 4 is 0 Å². The topological polar surface area (TPSA) is 15.3 Å². The Morgan fingerprint density at radius 3 is 2.58 bits per heavy atom. The van der Waals surface area contributed by atoms with Crippen molar-refractivity contribution in [3.05, 3.63) is 0 Å². The van der Waals surface area contributed by atoms with E-state index < -0.39 is 0 Å². The van der Waals surface area contributed by atoms with Gasteiger partial charge >= 0.3 is 0 Å². The molecule has 0 aromatic carbocycles. The van der Waals surface area contributed by atoms with Gasteiger partial charge in [0.25, 0.3) is 0 Å². The van der Waals surface area contributed by atoms with E-state index in [1.807, 2.05) is 0 Å². The van der Waals surface area contributed by atoms with Gasteiger partial charge in [-0.1, -0.05) is 6.92 Å². The number of hydrogen-bond acceptors (Lipinski definition) is 2. The fourth-order valence-electron chi connectivity index (χ4n) is 1.71. The van der Waals surface area contributed by atoms with Gasteiger partial charge in [-0.2, -0.15) is 0 Å². The predicted octanol–water partition coefficient (Wildman–Crippen LogP) is 1.47. The van der Waals surface area contributed by atoms with Crippen LogP contribution in [0.25, 0.3) is 0 Å². The smallest absolute Gasteiger partial charge is 0.0234 e. The molecule has 1 aliphatic rings. The summed E-state index contributed by atoms with van der Waals surface area (Å²) in [5, 5.41) is 3.41. The molecule has 0 aliphatic carbocycles. The van der Waals surface area contributed by atoms with Gasteiger partial charge in [-0.25, -0.2) is 0 Å². The minimum Gasteiger partial charge on any atom is -0.315 e. The minimum absolute atomic E-state index is 0.358. The van der Waals surface area contributed by atoms with Crippen molar-refractivity contribution in [1.82, 2.24) is 10.2 Å². The summed E-state index contributed by atoms with van der Waals surface area (Å²) >= 11 is 0. The molecular formula is C10H22N2. The molecule has 0 radical (unpaired) electrons. The van der Waals surface area contributed by atoms with E-state index >= 15 is 0 Å². The fourth-order valence-corrected chi connectivity index (χ4v) is 1.71. The molecule has 1 heterocycles. The van der Waals surface area contributed by atoms with E-state index in [9.17, 15) is 0 Å². The minimum atomic E-state index is 0.358. The van der Waals surface area contributed by atoms with Crippen molar-refractivity contribution in [2.75, 3.05) is 20.1 Å². The molecule has 0 spiro atoms. The Hall–Kier alpha value is -0.0800. The first-order chi connectivity index (χ1) is 5.58. The number of rotatable bonds is 3. The van der Waals surface area contributed by atoms with Gasteiger partial charge in [0.1, 0.15) is 0 Å². The van der Waals surface area contributed by atoms with Gasteiger partial charge in [0.2, 0.25) is 0 Å². The standard InChI is InChI=1S/C10H22N2/c1-5-10(2,3)12(4)9-6-7-11-8-9/h9,11H,5-8H2,1-4H3. The van der Waals surface area contributed by atoms with Gasteiger partial charge in [-0.15, -0.1) is 0 Å². The fraction of sp³-hybridized carbons (Fsp3) is 1.00. The predicted molar refractivity (Wildman–Crippen MR) is 53.4 cm³/mol. The molecule has 12 heavy (non-hydrogen) atoms. The summed E-state index contributed by atoms with van der Waals surface area (Å²) in [4.78, 5) is 2.52. The average Bonchev–Trinajstić information content (AvgIpc) is 2.55. The highest BCUT2D eigenvalue weighted by molar-refractivity contribution is 4.87. The van der Waals surface area contributed by atoms with Gasteiger partial charge in [-0.3, -0.25) is 4.90 Å². The molecule has 2 nitrogen and oxygen atoms in total. The van der Waals surface area contributed by atoms with Crippen LogP contribution in [0.3, 0.4) is 0 Å². The Morgan fingerprint density at radius 2 is 2.17 bits per heavy atom. The number of hydrogen-bond donors (Lipinski definition) is 1. The van der Waals surface area contributed by atoms with Gasteiger partial charge in [0, 0.05) is 18.1 Å². The van der Waals surface area contributed by atoms with E-state index in [4.69, 9.17) is 0 Å². The molecule has 1 unspecified atom stereocenters. The van der Waals surface area contributed by atoms with E-state index in [-0.39, 0.29) is 0 Å². The number of nitrogens with one attached hydrogen (secondary N) is 1. The monoisotopic (exact) mass is 170 g/mol. The quantitative estimate of drug-likeness (QED) is 0.690. The van der Waals surface area contributed by atoms with Crippen LogP contribution in [0.2, 0.25) is 0 Å². The molecule has 1 aliphatic heterocycles. The molecule has 0 aromatic heterocycles. The molecule has 1 fully saturated rings. The Morgan fingerprint density at radius 1 is 1.50 bits per heavy atom. The Balaban J connectivity index is 2.50. The van der Waals surface area contributed by atoms with Crippen molar-refractivity contribution in [2.45, 2.75) is 45.2 Å². The Bertz CT molecular complexity index is 137. The van der Waals surface area contributed by atoms with Crippen LogP contribution in [0.5, 0.6) is 0 Å².